The second-order valence-corrected chi connectivity index (χ2v) is 3.32. The molecule has 0 radical (unpaired) electrons. The average molecular weight is 215 g/mol. The van der Waals surface area contributed by atoms with E-state index in [0.29, 0.717) is 11.1 Å². The number of hydrogen-bond donors (Lipinski definition) is 0. The normalized spacial score (nSPS) is 9.81. The van der Waals surface area contributed by atoms with Crippen molar-refractivity contribution in [1.29, 1.82) is 5.26 Å². The Labute approximate surface area is 91.6 Å². The quantitative estimate of drug-likeness (QED) is 0.714. The summed E-state index contributed by atoms with van der Waals surface area (Å²) in [5.41, 5.74) is 1.01. The van der Waals surface area contributed by atoms with Gasteiger partial charge in [-0.05, 0) is 35.9 Å². The Kier molecular flexibility index (Phi) is 2.65. The van der Waals surface area contributed by atoms with Crippen molar-refractivity contribution in [3.05, 3.63) is 59.7 Å². The van der Waals surface area contributed by atoms with Crippen LogP contribution in [0.3, 0.4) is 0 Å². The van der Waals surface area contributed by atoms with E-state index in [1.165, 1.54) is 36.4 Å². The van der Waals surface area contributed by atoms with Crippen molar-refractivity contribution in [3.63, 3.8) is 0 Å². The molecule has 0 aliphatic carbocycles. The van der Waals surface area contributed by atoms with E-state index >= 15 is 0 Å². The summed E-state index contributed by atoms with van der Waals surface area (Å²) in [5.74, 6) is -0.899. The molecule has 78 valence electrons. The largest absolute Gasteiger partial charge is 0.207 e. The molecule has 0 aliphatic rings. The summed E-state index contributed by atoms with van der Waals surface area (Å²) in [6, 6.07) is 11.5. The monoisotopic (exact) mass is 215 g/mol. The number of halogens is 2. The van der Waals surface area contributed by atoms with Crippen LogP contribution in [0.1, 0.15) is 5.56 Å². The van der Waals surface area contributed by atoms with Gasteiger partial charge in [-0.15, -0.1) is 0 Å². The standard InChI is InChI=1S/C13H7F2N/c14-11-3-1-2-10(7-11)12-6-9(8-16)4-5-13(12)15/h1-7H. The van der Waals surface area contributed by atoms with Crippen molar-refractivity contribution < 1.29 is 8.78 Å². The van der Waals surface area contributed by atoms with Crippen molar-refractivity contribution in [1.82, 2.24) is 0 Å². The molecule has 0 spiro atoms. The molecule has 0 unspecified atom stereocenters. The summed E-state index contributed by atoms with van der Waals surface area (Å²) >= 11 is 0. The molecule has 0 heterocycles. The minimum absolute atomic E-state index is 0.235. The van der Waals surface area contributed by atoms with Crippen LogP contribution in [0.4, 0.5) is 8.78 Å². The lowest BCUT2D eigenvalue weighted by Gasteiger charge is -2.03. The van der Waals surface area contributed by atoms with Crippen LogP contribution in [0.2, 0.25) is 0 Å². The first kappa shape index (κ1) is 10.3. The summed E-state index contributed by atoms with van der Waals surface area (Å²) in [6.45, 7) is 0. The Bertz CT molecular complexity index is 570. The Hall–Kier alpha value is -2.21. The predicted molar refractivity (Wildman–Crippen MR) is 56.5 cm³/mol. The fraction of sp³-hybridized carbons (Fsp3) is 0. The van der Waals surface area contributed by atoms with Gasteiger partial charge in [-0.25, -0.2) is 8.78 Å². The Balaban J connectivity index is 2.60. The van der Waals surface area contributed by atoms with Gasteiger partial charge in [-0.3, -0.25) is 0 Å². The molecule has 0 N–H and O–H groups in total. The van der Waals surface area contributed by atoms with Crippen LogP contribution in [0.5, 0.6) is 0 Å². The van der Waals surface area contributed by atoms with E-state index in [-0.39, 0.29) is 5.56 Å². The van der Waals surface area contributed by atoms with Crippen LogP contribution < -0.4 is 0 Å². The second-order valence-electron chi connectivity index (χ2n) is 3.32. The number of nitrogens with zero attached hydrogens (tertiary/aromatic N) is 1. The van der Waals surface area contributed by atoms with E-state index in [1.54, 1.807) is 6.07 Å². The van der Waals surface area contributed by atoms with Crippen molar-refractivity contribution >= 4 is 0 Å². The maximum Gasteiger partial charge on any atom is 0.131 e. The molecule has 0 bridgehead atoms. The molecule has 2 aromatic rings. The molecule has 2 rings (SSSR count). The zero-order valence-corrected chi connectivity index (χ0v) is 8.24. The Morgan fingerprint density at radius 3 is 2.50 bits per heavy atom. The summed E-state index contributed by atoms with van der Waals surface area (Å²) in [5, 5.41) is 8.71. The molecule has 0 saturated heterocycles. The van der Waals surface area contributed by atoms with Crippen LogP contribution in [0.25, 0.3) is 11.1 Å². The number of rotatable bonds is 1. The Morgan fingerprint density at radius 2 is 1.81 bits per heavy atom. The second kappa shape index (κ2) is 4.11. The topological polar surface area (TPSA) is 23.8 Å². The molecule has 0 amide bonds. The average Bonchev–Trinajstić information content (AvgIpc) is 2.30. The van der Waals surface area contributed by atoms with Crippen molar-refractivity contribution in [2.24, 2.45) is 0 Å². The number of benzene rings is 2. The van der Waals surface area contributed by atoms with Gasteiger partial charge < -0.3 is 0 Å². The van der Waals surface area contributed by atoms with E-state index in [1.807, 2.05) is 6.07 Å². The van der Waals surface area contributed by atoms with Gasteiger partial charge in [0.15, 0.2) is 0 Å². The molecule has 16 heavy (non-hydrogen) atoms. The molecule has 0 aromatic heterocycles. The van der Waals surface area contributed by atoms with Crippen LogP contribution in [0, 0.1) is 23.0 Å². The third-order valence-corrected chi connectivity index (χ3v) is 2.23. The van der Waals surface area contributed by atoms with Gasteiger partial charge >= 0.3 is 0 Å². The van der Waals surface area contributed by atoms with Crippen LogP contribution in [-0.2, 0) is 0 Å². The molecular weight excluding hydrogens is 208 g/mol. The van der Waals surface area contributed by atoms with Gasteiger partial charge in [0.05, 0.1) is 11.6 Å². The van der Waals surface area contributed by atoms with E-state index in [0.717, 1.165) is 0 Å². The highest BCUT2D eigenvalue weighted by molar-refractivity contribution is 5.65. The molecule has 0 saturated carbocycles. The van der Waals surface area contributed by atoms with E-state index in [9.17, 15) is 8.78 Å². The number of nitriles is 1. The third-order valence-electron chi connectivity index (χ3n) is 2.23. The van der Waals surface area contributed by atoms with Crippen LogP contribution >= 0.6 is 0 Å². The molecule has 0 fully saturated rings. The fourth-order valence-electron chi connectivity index (χ4n) is 1.47. The van der Waals surface area contributed by atoms with Gasteiger partial charge in [0.2, 0.25) is 0 Å². The van der Waals surface area contributed by atoms with E-state index in [2.05, 4.69) is 0 Å². The molecule has 2 aromatic carbocycles. The van der Waals surface area contributed by atoms with Gasteiger partial charge in [-0.1, -0.05) is 12.1 Å². The smallest absolute Gasteiger partial charge is 0.131 e. The molecule has 0 atom stereocenters. The summed E-state index contributed by atoms with van der Waals surface area (Å²) < 4.78 is 26.5. The zero-order valence-electron chi connectivity index (χ0n) is 8.24. The maximum atomic E-state index is 13.5. The fourth-order valence-corrected chi connectivity index (χ4v) is 1.47. The molecule has 1 nitrogen and oxygen atoms in total. The summed E-state index contributed by atoms with van der Waals surface area (Å²) in [6.07, 6.45) is 0. The minimum Gasteiger partial charge on any atom is -0.207 e. The lowest BCUT2D eigenvalue weighted by Crippen LogP contribution is -1.87. The van der Waals surface area contributed by atoms with Crippen molar-refractivity contribution in [3.8, 4) is 17.2 Å². The maximum absolute atomic E-state index is 13.5. The van der Waals surface area contributed by atoms with E-state index in [4.69, 9.17) is 5.26 Å². The highest BCUT2D eigenvalue weighted by Gasteiger charge is 2.06. The lowest BCUT2D eigenvalue weighted by atomic mass is 10.0. The van der Waals surface area contributed by atoms with Crippen molar-refractivity contribution in [2.45, 2.75) is 0 Å². The van der Waals surface area contributed by atoms with Gasteiger partial charge in [0.1, 0.15) is 11.6 Å². The molecular formula is C13H7F2N. The van der Waals surface area contributed by atoms with E-state index < -0.39 is 11.6 Å². The van der Waals surface area contributed by atoms with Crippen LogP contribution in [0.15, 0.2) is 42.5 Å². The van der Waals surface area contributed by atoms with Crippen LogP contribution in [-0.4, -0.2) is 0 Å². The van der Waals surface area contributed by atoms with Gasteiger partial charge in [-0.2, -0.15) is 5.26 Å². The summed E-state index contributed by atoms with van der Waals surface area (Å²) in [4.78, 5) is 0. The molecule has 3 heteroatoms. The minimum atomic E-state index is -0.468. The summed E-state index contributed by atoms with van der Waals surface area (Å²) in [7, 11) is 0. The predicted octanol–water partition coefficient (Wildman–Crippen LogP) is 3.50. The number of hydrogen-bond acceptors (Lipinski definition) is 1. The zero-order chi connectivity index (χ0) is 11.5. The highest BCUT2D eigenvalue weighted by Crippen LogP contribution is 2.24. The lowest BCUT2D eigenvalue weighted by molar-refractivity contribution is 0.624. The van der Waals surface area contributed by atoms with Gasteiger partial charge in [0.25, 0.3) is 0 Å². The molecule has 0 aliphatic heterocycles. The third kappa shape index (κ3) is 1.91. The SMILES string of the molecule is N#Cc1ccc(F)c(-c2cccc(F)c2)c1. The first-order chi connectivity index (χ1) is 7.70. The van der Waals surface area contributed by atoms with Gasteiger partial charge in [0, 0.05) is 5.56 Å². The highest BCUT2D eigenvalue weighted by atomic mass is 19.1. The first-order valence-electron chi connectivity index (χ1n) is 4.66. The first-order valence-corrected chi connectivity index (χ1v) is 4.66. The van der Waals surface area contributed by atoms with Crippen molar-refractivity contribution in [2.75, 3.05) is 0 Å². The Morgan fingerprint density at radius 1 is 1.00 bits per heavy atom.